The number of aromatic nitrogens is 1. The summed E-state index contributed by atoms with van der Waals surface area (Å²) in [6.07, 6.45) is 3.69. The van der Waals surface area contributed by atoms with Gasteiger partial charge in [-0.15, -0.1) is 0 Å². The van der Waals surface area contributed by atoms with Crippen LogP contribution in [-0.4, -0.2) is 23.6 Å². The number of para-hydroxylation sites is 1. The summed E-state index contributed by atoms with van der Waals surface area (Å²) in [7, 11) is 1.59. The van der Waals surface area contributed by atoms with Crippen molar-refractivity contribution in [3.05, 3.63) is 69.9 Å². The molecule has 0 aliphatic carbocycles. The van der Waals surface area contributed by atoms with Crippen LogP contribution < -0.4 is 9.47 Å². The van der Waals surface area contributed by atoms with Crippen LogP contribution in [0.4, 0.5) is 5.69 Å². The van der Waals surface area contributed by atoms with E-state index in [1.807, 2.05) is 49.4 Å². The normalized spacial score (nSPS) is 11.0. The topological polar surface area (TPSA) is 74.5 Å². The molecule has 132 valence electrons. The molecule has 2 aromatic carbocycles. The molecule has 6 heteroatoms. The van der Waals surface area contributed by atoms with Crippen LogP contribution in [0.3, 0.4) is 0 Å². The highest BCUT2D eigenvalue weighted by Gasteiger charge is 2.12. The molecule has 3 aromatic rings. The fourth-order valence-corrected chi connectivity index (χ4v) is 2.63. The van der Waals surface area contributed by atoms with Gasteiger partial charge in [0, 0.05) is 11.5 Å². The summed E-state index contributed by atoms with van der Waals surface area (Å²) in [5.41, 5.74) is 1.93. The molecule has 26 heavy (non-hydrogen) atoms. The zero-order valence-electron chi connectivity index (χ0n) is 14.5. The number of nitrogens with zero attached hydrogens (tertiary/aromatic N) is 2. The molecule has 1 heterocycles. The van der Waals surface area contributed by atoms with E-state index in [1.165, 1.54) is 6.07 Å². The first-order chi connectivity index (χ1) is 12.6. The van der Waals surface area contributed by atoms with Crippen molar-refractivity contribution < 1.29 is 14.4 Å². The Labute approximate surface area is 150 Å². The minimum Gasteiger partial charge on any atom is -0.493 e. The van der Waals surface area contributed by atoms with Gasteiger partial charge < -0.3 is 9.47 Å². The van der Waals surface area contributed by atoms with Crippen LogP contribution in [0.2, 0.25) is 0 Å². The van der Waals surface area contributed by atoms with Gasteiger partial charge in [-0.1, -0.05) is 30.3 Å². The van der Waals surface area contributed by atoms with Crippen molar-refractivity contribution in [3.8, 4) is 11.5 Å². The third kappa shape index (κ3) is 3.64. The van der Waals surface area contributed by atoms with Crippen molar-refractivity contribution in [1.82, 2.24) is 4.98 Å². The molecular formula is C20H18N2O4. The number of hydrogen-bond donors (Lipinski definition) is 0. The van der Waals surface area contributed by atoms with Crippen LogP contribution in [0.25, 0.3) is 23.1 Å². The number of hydrogen-bond acceptors (Lipinski definition) is 5. The van der Waals surface area contributed by atoms with Crippen molar-refractivity contribution in [2.75, 3.05) is 13.7 Å². The number of pyridine rings is 1. The molecule has 0 amide bonds. The summed E-state index contributed by atoms with van der Waals surface area (Å²) in [6, 6.07) is 14.2. The molecule has 3 rings (SSSR count). The summed E-state index contributed by atoms with van der Waals surface area (Å²) in [5.74, 6) is 1.34. The molecule has 0 aliphatic heterocycles. The summed E-state index contributed by atoms with van der Waals surface area (Å²) < 4.78 is 10.8. The van der Waals surface area contributed by atoms with Crippen LogP contribution in [0.1, 0.15) is 18.2 Å². The van der Waals surface area contributed by atoms with Gasteiger partial charge in [-0.05, 0) is 36.8 Å². The first kappa shape index (κ1) is 17.4. The van der Waals surface area contributed by atoms with Crippen LogP contribution in [0, 0.1) is 10.1 Å². The Kier molecular flexibility index (Phi) is 5.12. The quantitative estimate of drug-likeness (QED) is 0.475. The molecule has 0 atom stereocenters. The van der Waals surface area contributed by atoms with Gasteiger partial charge in [-0.25, -0.2) is 4.98 Å². The molecule has 0 aliphatic rings. The zero-order valence-corrected chi connectivity index (χ0v) is 14.5. The second kappa shape index (κ2) is 7.65. The number of ether oxygens (including phenoxy) is 2. The number of nitro benzene ring substituents is 1. The maximum atomic E-state index is 11.2. The predicted molar refractivity (Wildman–Crippen MR) is 101 cm³/mol. The highest BCUT2D eigenvalue weighted by molar-refractivity contribution is 5.88. The van der Waals surface area contributed by atoms with Crippen LogP contribution >= 0.6 is 0 Å². The summed E-state index contributed by atoms with van der Waals surface area (Å²) in [4.78, 5) is 15.2. The number of nitro groups is 1. The number of rotatable bonds is 6. The lowest BCUT2D eigenvalue weighted by molar-refractivity contribution is -0.383. The first-order valence-corrected chi connectivity index (χ1v) is 8.15. The number of benzene rings is 2. The average Bonchev–Trinajstić information content (AvgIpc) is 2.66. The minimum atomic E-state index is -0.417. The molecule has 0 saturated heterocycles. The Balaban J connectivity index is 1.93. The van der Waals surface area contributed by atoms with E-state index in [0.717, 1.165) is 10.9 Å². The van der Waals surface area contributed by atoms with Crippen molar-refractivity contribution in [1.29, 1.82) is 0 Å². The smallest absolute Gasteiger partial charge is 0.295 e. The van der Waals surface area contributed by atoms with E-state index in [9.17, 15) is 10.1 Å². The van der Waals surface area contributed by atoms with Gasteiger partial charge in [0.2, 0.25) is 0 Å². The Morgan fingerprint density at radius 2 is 1.96 bits per heavy atom. The molecule has 0 N–H and O–H groups in total. The lowest BCUT2D eigenvalue weighted by Crippen LogP contribution is -1.95. The highest BCUT2D eigenvalue weighted by atomic mass is 16.6. The van der Waals surface area contributed by atoms with E-state index >= 15 is 0 Å². The van der Waals surface area contributed by atoms with Gasteiger partial charge in [0.05, 0.1) is 24.3 Å². The largest absolute Gasteiger partial charge is 0.493 e. The lowest BCUT2D eigenvalue weighted by Gasteiger charge is -2.09. The molecular weight excluding hydrogens is 332 g/mol. The molecule has 6 nitrogen and oxygen atoms in total. The van der Waals surface area contributed by atoms with E-state index in [1.54, 1.807) is 19.2 Å². The number of non-ortho nitro benzene ring substituents is 1. The zero-order chi connectivity index (χ0) is 18.5. The molecule has 0 unspecified atom stereocenters. The lowest BCUT2D eigenvalue weighted by atomic mass is 10.1. The molecule has 0 saturated carbocycles. The molecule has 0 radical (unpaired) electrons. The standard InChI is InChI=1S/C20H18N2O4/c1-3-26-18-12-8-14(13-19(18)25-2)7-10-16-11-9-15-5-4-6-17(22(23)24)20(15)21-16/h4-13H,3H2,1-2H3/b10-7-. The van der Waals surface area contributed by atoms with E-state index in [-0.39, 0.29) is 5.69 Å². The van der Waals surface area contributed by atoms with Crippen molar-refractivity contribution in [2.45, 2.75) is 6.92 Å². The van der Waals surface area contributed by atoms with Crippen molar-refractivity contribution in [3.63, 3.8) is 0 Å². The van der Waals surface area contributed by atoms with Crippen molar-refractivity contribution >= 4 is 28.7 Å². The van der Waals surface area contributed by atoms with E-state index in [4.69, 9.17) is 9.47 Å². The van der Waals surface area contributed by atoms with Gasteiger partial charge in [0.25, 0.3) is 5.69 Å². The SMILES string of the molecule is CCOc1ccc(/C=C\c2ccc3cccc([N+](=O)[O-])c3n2)cc1OC. The predicted octanol–water partition coefficient (Wildman–Crippen LogP) is 4.72. The third-order valence-electron chi connectivity index (χ3n) is 3.85. The molecule has 1 aromatic heterocycles. The third-order valence-corrected chi connectivity index (χ3v) is 3.85. The van der Waals surface area contributed by atoms with Crippen LogP contribution in [0.15, 0.2) is 48.5 Å². The van der Waals surface area contributed by atoms with E-state index in [0.29, 0.717) is 29.3 Å². The van der Waals surface area contributed by atoms with Gasteiger partial charge in [-0.3, -0.25) is 10.1 Å². The fraction of sp³-hybridized carbons (Fsp3) is 0.150. The van der Waals surface area contributed by atoms with E-state index < -0.39 is 4.92 Å². The monoisotopic (exact) mass is 350 g/mol. The second-order valence-electron chi connectivity index (χ2n) is 5.52. The Morgan fingerprint density at radius 1 is 1.12 bits per heavy atom. The summed E-state index contributed by atoms with van der Waals surface area (Å²) >= 11 is 0. The van der Waals surface area contributed by atoms with Gasteiger partial charge in [0.15, 0.2) is 11.5 Å². The fourth-order valence-electron chi connectivity index (χ4n) is 2.63. The Bertz CT molecular complexity index is 983. The number of fused-ring (bicyclic) bond motifs is 1. The maximum Gasteiger partial charge on any atom is 0.295 e. The Hall–Kier alpha value is -3.41. The van der Waals surface area contributed by atoms with E-state index in [2.05, 4.69) is 4.98 Å². The maximum absolute atomic E-state index is 11.2. The first-order valence-electron chi connectivity index (χ1n) is 8.15. The molecule has 0 bridgehead atoms. The van der Waals surface area contributed by atoms with Crippen LogP contribution in [0.5, 0.6) is 11.5 Å². The highest BCUT2D eigenvalue weighted by Crippen LogP contribution is 2.29. The summed E-state index contributed by atoms with van der Waals surface area (Å²) in [6.45, 7) is 2.48. The molecule has 0 fully saturated rings. The summed E-state index contributed by atoms with van der Waals surface area (Å²) in [5, 5.41) is 11.9. The van der Waals surface area contributed by atoms with Gasteiger partial charge in [-0.2, -0.15) is 0 Å². The minimum absolute atomic E-state index is 0.000450. The second-order valence-corrected chi connectivity index (χ2v) is 5.52. The average molecular weight is 350 g/mol. The number of methoxy groups -OCH3 is 1. The van der Waals surface area contributed by atoms with Gasteiger partial charge >= 0.3 is 0 Å². The van der Waals surface area contributed by atoms with Crippen molar-refractivity contribution in [2.24, 2.45) is 0 Å². The van der Waals surface area contributed by atoms with Gasteiger partial charge in [0.1, 0.15) is 5.52 Å². The van der Waals surface area contributed by atoms with Crippen LogP contribution in [-0.2, 0) is 0 Å². The Morgan fingerprint density at radius 3 is 2.69 bits per heavy atom. The molecule has 0 spiro atoms.